The summed E-state index contributed by atoms with van der Waals surface area (Å²) in [4.78, 5) is 12.4. The van der Waals surface area contributed by atoms with Crippen LogP contribution in [0.3, 0.4) is 0 Å². The van der Waals surface area contributed by atoms with E-state index in [1.54, 1.807) is 0 Å². The molecular weight excluding hydrogens is 283 g/mol. The predicted octanol–water partition coefficient (Wildman–Crippen LogP) is 3.33. The van der Waals surface area contributed by atoms with Gasteiger partial charge in [-0.1, -0.05) is 18.5 Å². The Kier molecular flexibility index (Phi) is 4.39. The lowest BCUT2D eigenvalue weighted by Gasteiger charge is -2.08. The van der Waals surface area contributed by atoms with Gasteiger partial charge >= 0.3 is 0 Å². The number of rotatable bonds is 5. The van der Waals surface area contributed by atoms with E-state index < -0.39 is 11.6 Å². The van der Waals surface area contributed by atoms with Crippen molar-refractivity contribution < 1.29 is 13.9 Å². The number of carbonyl (C=O) groups is 1. The highest BCUT2D eigenvalue weighted by atomic mass is 35.5. The highest BCUT2D eigenvalue weighted by molar-refractivity contribution is 6.34. The number of hydrogen-bond donors (Lipinski definition) is 0. The lowest BCUT2D eigenvalue weighted by atomic mass is 10.1. The third-order valence-electron chi connectivity index (χ3n) is 2.87. The first kappa shape index (κ1) is 14.5. The van der Waals surface area contributed by atoms with Crippen molar-refractivity contribution >= 4 is 17.4 Å². The van der Waals surface area contributed by atoms with E-state index in [0.717, 1.165) is 6.42 Å². The van der Waals surface area contributed by atoms with Crippen LogP contribution >= 0.6 is 11.6 Å². The van der Waals surface area contributed by atoms with E-state index in [0.29, 0.717) is 12.3 Å². The first-order valence-electron chi connectivity index (χ1n) is 6.18. The van der Waals surface area contributed by atoms with Crippen LogP contribution in [0.15, 0.2) is 24.4 Å². The first-order chi connectivity index (χ1) is 9.58. The number of ether oxygens (including phenoxy) is 1. The molecule has 0 aliphatic carbocycles. The number of aryl methyl sites for hydroxylation is 1. The van der Waals surface area contributed by atoms with Gasteiger partial charge in [0.2, 0.25) is 5.78 Å². The van der Waals surface area contributed by atoms with Gasteiger partial charge in [0, 0.05) is 12.6 Å². The standard InChI is InChI=1S/C14H14ClFN2O2/c1-3-6-18-13(11(15)8-17-18)14(19)10-5-4-9(20-2)7-12(10)16/h4-5,7-8H,3,6H2,1-2H3. The van der Waals surface area contributed by atoms with Crippen LogP contribution in [0.1, 0.15) is 29.4 Å². The average Bonchev–Trinajstić information content (AvgIpc) is 2.79. The summed E-state index contributed by atoms with van der Waals surface area (Å²) in [5, 5.41) is 4.25. The van der Waals surface area contributed by atoms with Crippen molar-refractivity contribution in [3.05, 3.63) is 46.5 Å². The molecule has 2 aromatic rings. The van der Waals surface area contributed by atoms with Gasteiger partial charge in [-0.2, -0.15) is 5.10 Å². The molecule has 0 radical (unpaired) electrons. The molecule has 0 fully saturated rings. The summed E-state index contributed by atoms with van der Waals surface area (Å²) in [6.45, 7) is 2.50. The number of halogens is 2. The summed E-state index contributed by atoms with van der Waals surface area (Å²) in [6, 6.07) is 4.09. The van der Waals surface area contributed by atoms with Gasteiger partial charge in [-0.25, -0.2) is 4.39 Å². The second-order valence-corrected chi connectivity index (χ2v) is 4.65. The molecular formula is C14H14ClFN2O2. The Balaban J connectivity index is 2.43. The quantitative estimate of drug-likeness (QED) is 0.795. The van der Waals surface area contributed by atoms with Crippen molar-refractivity contribution in [3.63, 3.8) is 0 Å². The van der Waals surface area contributed by atoms with E-state index in [1.165, 1.54) is 36.2 Å². The Morgan fingerprint density at radius 1 is 1.50 bits per heavy atom. The molecule has 0 saturated carbocycles. The maximum absolute atomic E-state index is 14.0. The smallest absolute Gasteiger partial charge is 0.215 e. The second kappa shape index (κ2) is 6.05. The van der Waals surface area contributed by atoms with Gasteiger partial charge in [-0.15, -0.1) is 0 Å². The monoisotopic (exact) mass is 296 g/mol. The van der Waals surface area contributed by atoms with Crippen LogP contribution < -0.4 is 4.74 Å². The summed E-state index contributed by atoms with van der Waals surface area (Å²) in [5.41, 5.74) is 0.156. The Bertz CT molecular complexity index is 640. The summed E-state index contributed by atoms with van der Waals surface area (Å²) in [6.07, 6.45) is 2.19. The van der Waals surface area contributed by atoms with Crippen molar-refractivity contribution in [1.82, 2.24) is 9.78 Å². The number of methoxy groups -OCH3 is 1. The van der Waals surface area contributed by atoms with Crippen molar-refractivity contribution in [3.8, 4) is 5.75 Å². The average molecular weight is 297 g/mol. The molecule has 20 heavy (non-hydrogen) atoms. The Labute approximate surface area is 121 Å². The second-order valence-electron chi connectivity index (χ2n) is 4.24. The fraction of sp³-hybridized carbons (Fsp3) is 0.286. The van der Waals surface area contributed by atoms with Crippen LogP contribution in [0.25, 0.3) is 0 Å². The minimum absolute atomic E-state index is 0.0504. The Morgan fingerprint density at radius 2 is 2.25 bits per heavy atom. The maximum Gasteiger partial charge on any atom is 0.215 e. The molecule has 0 aliphatic heterocycles. The van der Waals surface area contributed by atoms with Crippen LogP contribution in [-0.2, 0) is 6.54 Å². The molecule has 1 heterocycles. The number of carbonyl (C=O) groups excluding carboxylic acids is 1. The van der Waals surface area contributed by atoms with Gasteiger partial charge in [-0.05, 0) is 18.6 Å². The van der Waals surface area contributed by atoms with Gasteiger partial charge in [0.15, 0.2) is 0 Å². The van der Waals surface area contributed by atoms with Gasteiger partial charge in [-0.3, -0.25) is 9.48 Å². The molecule has 0 saturated heterocycles. The number of ketones is 1. The minimum Gasteiger partial charge on any atom is -0.497 e. The molecule has 6 heteroatoms. The molecule has 1 aromatic carbocycles. The summed E-state index contributed by atoms with van der Waals surface area (Å²) >= 11 is 5.99. The molecule has 2 rings (SSSR count). The minimum atomic E-state index is -0.644. The first-order valence-corrected chi connectivity index (χ1v) is 6.55. The summed E-state index contributed by atoms with van der Waals surface area (Å²) in [5.74, 6) is -0.775. The summed E-state index contributed by atoms with van der Waals surface area (Å²) < 4.78 is 20.4. The lowest BCUT2D eigenvalue weighted by molar-refractivity contribution is 0.102. The molecule has 0 atom stereocenters. The molecule has 0 spiro atoms. The molecule has 1 aromatic heterocycles. The molecule has 0 bridgehead atoms. The predicted molar refractivity (Wildman–Crippen MR) is 73.9 cm³/mol. The number of benzene rings is 1. The molecule has 0 aliphatic rings. The van der Waals surface area contributed by atoms with Crippen LogP contribution in [0.2, 0.25) is 5.02 Å². The molecule has 0 amide bonds. The molecule has 106 valence electrons. The van der Waals surface area contributed by atoms with Gasteiger partial charge in [0.1, 0.15) is 17.3 Å². The number of hydrogen-bond acceptors (Lipinski definition) is 3. The van der Waals surface area contributed by atoms with Crippen molar-refractivity contribution in [1.29, 1.82) is 0 Å². The van der Waals surface area contributed by atoms with E-state index in [4.69, 9.17) is 16.3 Å². The van der Waals surface area contributed by atoms with E-state index in [9.17, 15) is 9.18 Å². The zero-order chi connectivity index (χ0) is 14.7. The maximum atomic E-state index is 14.0. The number of aromatic nitrogens is 2. The van der Waals surface area contributed by atoms with Crippen molar-refractivity contribution in [2.45, 2.75) is 19.9 Å². The van der Waals surface area contributed by atoms with Gasteiger partial charge < -0.3 is 4.74 Å². The van der Waals surface area contributed by atoms with Crippen LogP contribution in [0, 0.1) is 5.82 Å². The van der Waals surface area contributed by atoms with Gasteiger partial charge in [0.25, 0.3) is 0 Å². The number of nitrogens with zero attached hydrogens (tertiary/aromatic N) is 2. The van der Waals surface area contributed by atoms with Crippen molar-refractivity contribution in [2.75, 3.05) is 7.11 Å². The zero-order valence-corrected chi connectivity index (χ0v) is 11.9. The van der Waals surface area contributed by atoms with E-state index in [1.807, 2.05) is 6.92 Å². The van der Waals surface area contributed by atoms with Crippen molar-refractivity contribution in [2.24, 2.45) is 0 Å². The topological polar surface area (TPSA) is 44.1 Å². The van der Waals surface area contributed by atoms with Crippen LogP contribution in [0.4, 0.5) is 4.39 Å². The molecule has 0 unspecified atom stereocenters. The highest BCUT2D eigenvalue weighted by Crippen LogP contribution is 2.23. The van der Waals surface area contributed by atoms with E-state index in [-0.39, 0.29) is 16.3 Å². The van der Waals surface area contributed by atoms with E-state index >= 15 is 0 Å². The third kappa shape index (κ3) is 2.67. The summed E-state index contributed by atoms with van der Waals surface area (Å²) in [7, 11) is 1.43. The largest absolute Gasteiger partial charge is 0.497 e. The van der Waals surface area contributed by atoms with Gasteiger partial charge in [0.05, 0.1) is 23.9 Å². The Hall–Kier alpha value is -1.88. The highest BCUT2D eigenvalue weighted by Gasteiger charge is 2.22. The molecule has 4 nitrogen and oxygen atoms in total. The van der Waals surface area contributed by atoms with Crippen LogP contribution in [0.5, 0.6) is 5.75 Å². The fourth-order valence-electron chi connectivity index (χ4n) is 1.90. The lowest BCUT2D eigenvalue weighted by Crippen LogP contribution is -2.13. The normalized spacial score (nSPS) is 10.6. The fourth-order valence-corrected chi connectivity index (χ4v) is 2.13. The zero-order valence-electron chi connectivity index (χ0n) is 11.2. The Morgan fingerprint density at radius 3 is 2.85 bits per heavy atom. The van der Waals surface area contributed by atoms with Crippen LogP contribution in [-0.4, -0.2) is 22.7 Å². The molecule has 0 N–H and O–H groups in total. The van der Waals surface area contributed by atoms with E-state index in [2.05, 4.69) is 5.10 Å². The SMILES string of the molecule is CCCn1ncc(Cl)c1C(=O)c1ccc(OC)cc1F. The third-order valence-corrected chi connectivity index (χ3v) is 3.14.